The maximum atomic E-state index is 8.25. The topological polar surface area (TPSA) is 523 Å². The Morgan fingerprint density at radius 2 is 0.444 bits per heavy atom. The minimum absolute atomic E-state index is 0. The van der Waals surface area contributed by atoms with Crippen molar-refractivity contribution < 1.29 is 105 Å². The zero-order chi connectivity index (χ0) is 11.2. The second kappa shape index (κ2) is 486. The zero-order valence-electron chi connectivity index (χ0n) is 13.4. The Morgan fingerprint density at radius 3 is 0.444 bits per heavy atom. The van der Waals surface area contributed by atoms with Gasteiger partial charge in [-0.15, -0.1) is 9.81 Å². The fraction of sp³-hybridized carbons (Fsp3) is 0. The summed E-state index contributed by atoms with van der Waals surface area (Å²) in [5.41, 5.74) is 11.5. The standard InChI is InChI=1S/4ClH.2NO3.2NO.8H3N.H2O.2Os/c;;;;2*2-1(3)4;2*1-2;;;;;;;;;;;/h4*1H;;;;;8*1H3;1H2;;/q;;;;2*-1;;;;;;;;;;;;2*+7/p-4. The Balaban J connectivity index is -0.00000000160. The van der Waals surface area contributed by atoms with E-state index in [1.807, 2.05) is 0 Å². The molecule has 27 heavy (non-hydrogen) atoms. The van der Waals surface area contributed by atoms with Gasteiger partial charge < -0.3 is 135 Å². The van der Waals surface area contributed by atoms with Gasteiger partial charge in [0.25, 0.3) is 0 Å². The summed E-state index contributed by atoms with van der Waals surface area (Å²) in [5.74, 6) is 0. The average molecular weight is 861 g/mol. The zero-order valence-corrected chi connectivity index (χ0v) is 21.5. The summed E-state index contributed by atoms with van der Waals surface area (Å²) in [6.07, 6.45) is 0. The molecule has 0 aliphatic rings. The minimum Gasteiger partial charge on any atom is -1.00 e. The van der Waals surface area contributed by atoms with Gasteiger partial charge in [-0.25, -0.2) is 0 Å². The number of nitroso groups, excluding NO2 is 2. The predicted octanol–water partition coefficient (Wildman–Crippen LogP) is -12.9. The van der Waals surface area contributed by atoms with E-state index in [-0.39, 0.29) is 144 Å². The average Bonchev–Trinajstić information content (AvgIpc) is 1.93. The van der Waals surface area contributed by atoms with Gasteiger partial charge >= 0.3 is 39.6 Å². The number of rotatable bonds is 0. The molecule has 0 saturated heterocycles. The van der Waals surface area contributed by atoms with Crippen molar-refractivity contribution in [1.29, 1.82) is 0 Å². The van der Waals surface area contributed by atoms with Gasteiger partial charge in [0.2, 0.25) is 0 Å². The van der Waals surface area contributed by atoms with Gasteiger partial charge in [-0.2, -0.15) is 0 Å². The van der Waals surface area contributed by atoms with E-state index in [2.05, 4.69) is 0 Å². The van der Waals surface area contributed by atoms with Crippen LogP contribution in [0.5, 0.6) is 0 Å². The van der Waals surface area contributed by atoms with Crippen LogP contribution in [0.2, 0.25) is 0 Å². The van der Waals surface area contributed by atoms with Crippen LogP contribution in [0, 0.1) is 40.5 Å². The number of hydrogen-bond acceptors (Lipinski definition) is 16. The van der Waals surface area contributed by atoms with E-state index in [0.717, 1.165) is 0 Å². The third-order valence-electron chi connectivity index (χ3n) is 0. The first-order valence-electron chi connectivity index (χ1n) is 1.46. The second-order valence-electron chi connectivity index (χ2n) is 0.447. The molecular weight excluding hydrogens is 834 g/mol. The summed E-state index contributed by atoms with van der Waals surface area (Å²) >= 11 is 0. The predicted molar refractivity (Wildman–Crippen MR) is 75.5 cm³/mol. The summed E-state index contributed by atoms with van der Waals surface area (Å²) in [5, 5.41) is 29.5. The van der Waals surface area contributed by atoms with Gasteiger partial charge in [-0.05, 0) is 0 Å². The molecule has 0 aliphatic carbocycles. The maximum Gasteiger partial charge on any atom is 7.00 e. The van der Waals surface area contributed by atoms with Crippen molar-refractivity contribution in [3.05, 3.63) is 40.5 Å². The quantitative estimate of drug-likeness (QED) is 0.0828. The van der Waals surface area contributed by atoms with Crippen LogP contribution < -0.4 is 110 Å². The Labute approximate surface area is 205 Å². The van der Waals surface area contributed by atoms with Gasteiger partial charge in [0.15, 0.2) is 0 Å². The van der Waals surface area contributed by atoms with E-state index >= 15 is 0 Å². The molecule has 26 N–H and O–H groups in total. The molecule has 0 spiro atoms. The third kappa shape index (κ3) is 134000. The van der Waals surface area contributed by atoms with Crippen LogP contribution in [0.4, 0.5) is 0 Å². The molecular formula is H26Cl4N12O9Os2+8. The van der Waals surface area contributed by atoms with Crippen LogP contribution >= 0.6 is 0 Å². The van der Waals surface area contributed by atoms with Gasteiger partial charge in [0.05, 0.1) is 10.2 Å². The molecule has 0 aromatic heterocycles. The summed E-state index contributed by atoms with van der Waals surface area (Å²) in [7, 11) is 0. The van der Waals surface area contributed by atoms with E-state index in [0.29, 0.717) is 0 Å². The minimum atomic E-state index is -1.75. The molecule has 4 radical (unpaired) electrons. The number of nitrogens with zero attached hydrogens (tertiary/aromatic N) is 4. The molecule has 27 heteroatoms. The molecule has 0 bridgehead atoms. The van der Waals surface area contributed by atoms with Crippen molar-refractivity contribution in [3.63, 3.8) is 0 Å². The summed E-state index contributed by atoms with van der Waals surface area (Å²) < 4.78 is 0. The first-order chi connectivity index (χ1) is 5.46. The van der Waals surface area contributed by atoms with Crippen molar-refractivity contribution in [2.75, 3.05) is 0 Å². The summed E-state index contributed by atoms with van der Waals surface area (Å²) in [6.45, 7) is 0. The Hall–Kier alpha value is -0.327. The van der Waals surface area contributed by atoms with E-state index in [1.54, 1.807) is 0 Å². The van der Waals surface area contributed by atoms with Gasteiger partial charge in [0.1, 0.15) is 11.2 Å². The van der Waals surface area contributed by atoms with Gasteiger partial charge in [-0.3, -0.25) is 0 Å². The first kappa shape index (κ1) is 299. The first-order valence-corrected chi connectivity index (χ1v) is 1.46. The molecule has 0 heterocycles. The Kier molecular flexibility index (Phi) is 5370. The van der Waals surface area contributed by atoms with Gasteiger partial charge in [-0.1, -0.05) is 0 Å². The smallest absolute Gasteiger partial charge is 1.00 e. The maximum absolute atomic E-state index is 8.25. The van der Waals surface area contributed by atoms with Crippen LogP contribution in [-0.4, -0.2) is 15.6 Å². The molecule has 0 saturated carbocycles. The van der Waals surface area contributed by atoms with Gasteiger partial charge in [0, 0.05) is 0 Å². The molecule has 0 aliphatic heterocycles. The Morgan fingerprint density at radius 1 is 0.444 bits per heavy atom. The monoisotopic (exact) mass is 862 g/mol. The largest absolute Gasteiger partial charge is 7.00 e. The molecule has 0 fully saturated rings. The normalized spacial score (nSPS) is 2.07. The molecule has 21 nitrogen and oxygen atoms in total. The molecule has 176 valence electrons. The molecule has 0 rings (SSSR count). The SMILES string of the molecule is N.N.N.N.N.N.N.N.O.O=[N+]([O-])[O-].O=[N+]([O-])[O-].[Cl-].[Cl-].[Cl-].[Cl-].[N]=O.[N]=O.[Os+7].[Os+7]. The van der Waals surface area contributed by atoms with Crippen LogP contribution in [0.3, 0.4) is 0 Å². The summed E-state index contributed by atoms with van der Waals surface area (Å²) in [6, 6.07) is 0. The van der Waals surface area contributed by atoms with Crippen molar-refractivity contribution in [2.45, 2.75) is 0 Å². The molecule has 0 unspecified atom stereocenters. The molecule has 0 aromatic rings. The third-order valence-corrected chi connectivity index (χ3v) is 0. The van der Waals surface area contributed by atoms with Crippen LogP contribution in [0.1, 0.15) is 0 Å². The second-order valence-corrected chi connectivity index (χ2v) is 0.447. The van der Waals surface area contributed by atoms with E-state index in [9.17, 15) is 0 Å². The van der Waals surface area contributed by atoms with Crippen LogP contribution in [0.25, 0.3) is 0 Å². The summed E-state index contributed by atoms with van der Waals surface area (Å²) in [4.78, 5) is 31.0. The molecule has 0 amide bonds. The van der Waals surface area contributed by atoms with Crippen LogP contribution in [0.15, 0.2) is 0 Å². The van der Waals surface area contributed by atoms with Crippen molar-refractivity contribution in [1.82, 2.24) is 60.4 Å². The fourth-order valence-electron chi connectivity index (χ4n) is 0. The van der Waals surface area contributed by atoms with E-state index in [4.69, 9.17) is 51.6 Å². The molecule has 0 atom stereocenters. The van der Waals surface area contributed by atoms with Crippen molar-refractivity contribution >= 4 is 0 Å². The van der Waals surface area contributed by atoms with E-state index in [1.165, 1.54) is 0 Å². The number of hydrogen-bond donors (Lipinski definition) is 8. The van der Waals surface area contributed by atoms with Crippen molar-refractivity contribution in [3.8, 4) is 0 Å². The van der Waals surface area contributed by atoms with E-state index < -0.39 is 10.2 Å². The molecule has 0 aromatic carbocycles. The fourth-order valence-corrected chi connectivity index (χ4v) is 0. The van der Waals surface area contributed by atoms with Crippen molar-refractivity contribution in [2.24, 2.45) is 0 Å². The Bertz CT molecular complexity index is 123. The number of halogens is 4. The van der Waals surface area contributed by atoms with Crippen LogP contribution in [-0.2, 0) is 39.6 Å².